The highest BCUT2D eigenvalue weighted by molar-refractivity contribution is 6.20. The Labute approximate surface area is 121 Å². The molecule has 2 rings (SSSR count). The summed E-state index contributed by atoms with van der Waals surface area (Å²) >= 11 is 0. The Kier molecular flexibility index (Phi) is 4.02. The number of hydrogen-bond acceptors (Lipinski definition) is 4. The third kappa shape index (κ3) is 2.91. The van der Waals surface area contributed by atoms with Crippen molar-refractivity contribution >= 4 is 23.8 Å². The number of carbonyl (C=O) groups excluding carboxylic acids is 4. The van der Waals surface area contributed by atoms with Gasteiger partial charge in [0.05, 0.1) is 0 Å². The quantitative estimate of drug-likeness (QED) is 0.760. The predicted octanol–water partition coefficient (Wildman–Crippen LogP) is -0.0970. The first-order valence-electron chi connectivity index (χ1n) is 6.37. The van der Waals surface area contributed by atoms with Gasteiger partial charge in [0.2, 0.25) is 17.7 Å². The van der Waals surface area contributed by atoms with Crippen LogP contribution in [0.1, 0.15) is 17.0 Å². The van der Waals surface area contributed by atoms with Crippen LogP contribution in [0, 0.1) is 6.92 Å². The first-order valence-corrected chi connectivity index (χ1v) is 6.37. The van der Waals surface area contributed by atoms with Crippen molar-refractivity contribution in [3.63, 3.8) is 0 Å². The molecule has 7 heteroatoms. The number of rotatable bonds is 3. The van der Waals surface area contributed by atoms with Crippen LogP contribution in [0.2, 0.25) is 0 Å². The molecule has 1 saturated heterocycles. The van der Waals surface area contributed by atoms with Gasteiger partial charge in [0, 0.05) is 7.05 Å². The lowest BCUT2D eigenvalue weighted by atomic mass is 9.94. The first-order chi connectivity index (χ1) is 9.93. The van der Waals surface area contributed by atoms with E-state index in [1.54, 1.807) is 24.3 Å². The van der Waals surface area contributed by atoms with E-state index >= 15 is 0 Å². The Bertz CT molecular complexity index is 609. The summed E-state index contributed by atoms with van der Waals surface area (Å²) in [6.45, 7) is 1.46. The molecule has 110 valence electrons. The molecule has 1 atom stereocenters. The Hall–Kier alpha value is -2.70. The number of carbonyl (C=O) groups is 4. The molecule has 0 saturated carbocycles. The van der Waals surface area contributed by atoms with E-state index < -0.39 is 36.2 Å². The van der Waals surface area contributed by atoms with Gasteiger partial charge in [0.1, 0.15) is 12.5 Å². The van der Waals surface area contributed by atoms with Crippen molar-refractivity contribution in [2.24, 2.45) is 0 Å². The molecule has 1 aromatic rings. The maximum Gasteiger partial charge on any atom is 0.331 e. The van der Waals surface area contributed by atoms with Crippen molar-refractivity contribution in [3.8, 4) is 0 Å². The molecule has 1 aliphatic rings. The zero-order valence-corrected chi connectivity index (χ0v) is 11.7. The van der Waals surface area contributed by atoms with Gasteiger partial charge in [0.25, 0.3) is 0 Å². The van der Waals surface area contributed by atoms with Gasteiger partial charge in [-0.05, 0) is 12.5 Å². The summed E-state index contributed by atoms with van der Waals surface area (Å²) in [6.07, 6.45) is 0. The standard InChI is InChI=1S/C14H15N3O4/c1-8-3-5-9(6-4-8)11-12(19)16-14(21)17(13(11)20)7-10(18)15-2/h3-6,11H,7H2,1-2H3,(H,15,18)(H,16,19,21). The van der Waals surface area contributed by atoms with Crippen molar-refractivity contribution in [2.75, 3.05) is 13.6 Å². The van der Waals surface area contributed by atoms with Gasteiger partial charge in [0.15, 0.2) is 0 Å². The van der Waals surface area contributed by atoms with E-state index in [-0.39, 0.29) is 0 Å². The predicted molar refractivity (Wildman–Crippen MR) is 73.2 cm³/mol. The monoisotopic (exact) mass is 289 g/mol. The zero-order valence-electron chi connectivity index (χ0n) is 11.7. The van der Waals surface area contributed by atoms with Crippen LogP contribution in [0.15, 0.2) is 24.3 Å². The smallest absolute Gasteiger partial charge is 0.331 e. The summed E-state index contributed by atoms with van der Waals surface area (Å²) < 4.78 is 0. The maximum atomic E-state index is 12.3. The lowest BCUT2D eigenvalue weighted by Gasteiger charge is -2.29. The average molecular weight is 289 g/mol. The number of nitrogens with one attached hydrogen (secondary N) is 2. The molecule has 1 fully saturated rings. The molecule has 0 spiro atoms. The molecule has 1 aliphatic heterocycles. The maximum absolute atomic E-state index is 12.3. The van der Waals surface area contributed by atoms with E-state index in [1.165, 1.54) is 7.05 Å². The molecule has 5 amide bonds. The van der Waals surface area contributed by atoms with E-state index in [0.717, 1.165) is 10.5 Å². The first kappa shape index (κ1) is 14.7. The van der Waals surface area contributed by atoms with E-state index in [9.17, 15) is 19.2 Å². The molecule has 1 unspecified atom stereocenters. The Morgan fingerprint density at radius 2 is 1.86 bits per heavy atom. The number of likely N-dealkylation sites (N-methyl/N-ethyl adjacent to an activating group) is 1. The van der Waals surface area contributed by atoms with E-state index in [0.29, 0.717) is 5.56 Å². The van der Waals surface area contributed by atoms with Gasteiger partial charge in [-0.3, -0.25) is 24.6 Å². The van der Waals surface area contributed by atoms with Crippen LogP contribution in [0.3, 0.4) is 0 Å². The summed E-state index contributed by atoms with van der Waals surface area (Å²) in [4.78, 5) is 48.1. The topological polar surface area (TPSA) is 95.6 Å². The van der Waals surface area contributed by atoms with Crippen molar-refractivity contribution in [1.29, 1.82) is 0 Å². The second kappa shape index (κ2) is 5.74. The molecule has 0 bridgehead atoms. The third-order valence-electron chi connectivity index (χ3n) is 3.24. The fourth-order valence-electron chi connectivity index (χ4n) is 2.04. The molecule has 1 heterocycles. The fraction of sp³-hybridized carbons (Fsp3) is 0.286. The fourth-order valence-corrected chi connectivity index (χ4v) is 2.04. The Morgan fingerprint density at radius 1 is 1.24 bits per heavy atom. The third-order valence-corrected chi connectivity index (χ3v) is 3.24. The van der Waals surface area contributed by atoms with Crippen LogP contribution in [-0.4, -0.2) is 42.2 Å². The molecule has 2 N–H and O–H groups in total. The van der Waals surface area contributed by atoms with Gasteiger partial charge in [-0.1, -0.05) is 29.8 Å². The number of barbiturate groups is 1. The second-order valence-corrected chi connectivity index (χ2v) is 4.74. The van der Waals surface area contributed by atoms with Crippen molar-refractivity contribution in [2.45, 2.75) is 12.8 Å². The summed E-state index contributed by atoms with van der Waals surface area (Å²) in [7, 11) is 1.40. The van der Waals surface area contributed by atoms with Crippen molar-refractivity contribution in [3.05, 3.63) is 35.4 Å². The van der Waals surface area contributed by atoms with Crippen LogP contribution in [-0.2, 0) is 14.4 Å². The lowest BCUT2D eigenvalue weighted by Crippen LogP contribution is -2.58. The molecule has 0 aliphatic carbocycles. The van der Waals surface area contributed by atoms with Gasteiger partial charge >= 0.3 is 6.03 Å². The SMILES string of the molecule is CNC(=O)CN1C(=O)NC(=O)C(c2ccc(C)cc2)C1=O. The number of hydrogen-bond donors (Lipinski definition) is 2. The minimum atomic E-state index is -1.12. The van der Waals surface area contributed by atoms with Crippen LogP contribution in [0.25, 0.3) is 0 Å². The minimum Gasteiger partial charge on any atom is -0.358 e. The van der Waals surface area contributed by atoms with Crippen molar-refractivity contribution in [1.82, 2.24) is 15.5 Å². The highest BCUT2D eigenvalue weighted by atomic mass is 16.2. The average Bonchev–Trinajstić information content (AvgIpc) is 2.45. The summed E-state index contributed by atoms with van der Waals surface area (Å²) in [5.74, 6) is -2.98. The number of amides is 5. The van der Waals surface area contributed by atoms with E-state index in [1.807, 2.05) is 6.92 Å². The van der Waals surface area contributed by atoms with Gasteiger partial charge in [-0.25, -0.2) is 4.79 Å². The van der Waals surface area contributed by atoms with Crippen LogP contribution in [0.5, 0.6) is 0 Å². The van der Waals surface area contributed by atoms with Gasteiger partial charge < -0.3 is 5.32 Å². The van der Waals surface area contributed by atoms with E-state index in [2.05, 4.69) is 10.6 Å². The Balaban J connectivity index is 2.30. The lowest BCUT2D eigenvalue weighted by molar-refractivity contribution is -0.141. The molecule has 1 aromatic carbocycles. The second-order valence-electron chi connectivity index (χ2n) is 4.74. The summed E-state index contributed by atoms with van der Waals surface area (Å²) in [5.41, 5.74) is 1.47. The molecule has 21 heavy (non-hydrogen) atoms. The van der Waals surface area contributed by atoms with Crippen LogP contribution in [0.4, 0.5) is 4.79 Å². The summed E-state index contributed by atoms with van der Waals surface area (Å²) in [5, 5.41) is 4.43. The molecule has 0 radical (unpaired) electrons. The highest BCUT2D eigenvalue weighted by Crippen LogP contribution is 2.22. The number of benzene rings is 1. The highest BCUT2D eigenvalue weighted by Gasteiger charge is 2.41. The molecular weight excluding hydrogens is 274 g/mol. The molecule has 7 nitrogen and oxygen atoms in total. The zero-order chi connectivity index (χ0) is 15.6. The van der Waals surface area contributed by atoms with E-state index in [4.69, 9.17) is 0 Å². The number of imide groups is 2. The van der Waals surface area contributed by atoms with Gasteiger partial charge in [-0.2, -0.15) is 0 Å². The van der Waals surface area contributed by atoms with Crippen molar-refractivity contribution < 1.29 is 19.2 Å². The minimum absolute atomic E-state index is 0.420. The van der Waals surface area contributed by atoms with Crippen LogP contribution >= 0.6 is 0 Å². The Morgan fingerprint density at radius 3 is 2.43 bits per heavy atom. The number of nitrogens with zero attached hydrogens (tertiary/aromatic N) is 1. The molecular formula is C14H15N3O4. The molecule has 0 aromatic heterocycles. The number of aryl methyl sites for hydroxylation is 1. The summed E-state index contributed by atoms with van der Waals surface area (Å²) in [6, 6.07) is 5.98. The largest absolute Gasteiger partial charge is 0.358 e. The normalized spacial score (nSPS) is 18.5. The number of urea groups is 1. The van der Waals surface area contributed by atoms with Gasteiger partial charge in [-0.15, -0.1) is 0 Å². The van der Waals surface area contributed by atoms with Crippen LogP contribution < -0.4 is 10.6 Å².